The Morgan fingerprint density at radius 1 is 1.10 bits per heavy atom. The van der Waals surface area contributed by atoms with Gasteiger partial charge in [0.05, 0.1) is 5.60 Å². The van der Waals surface area contributed by atoms with Crippen molar-refractivity contribution in [2.24, 2.45) is 0 Å². The predicted octanol–water partition coefficient (Wildman–Crippen LogP) is 4.07. The van der Waals surface area contributed by atoms with Gasteiger partial charge in [0, 0.05) is 34.2 Å². The third-order valence-electron chi connectivity index (χ3n) is 3.84. The van der Waals surface area contributed by atoms with Gasteiger partial charge in [-0.3, -0.25) is 4.98 Å². The molecule has 1 aromatic carbocycles. The Kier molecular flexibility index (Phi) is 3.98. The van der Waals surface area contributed by atoms with Crippen molar-refractivity contribution in [1.29, 1.82) is 0 Å². The Labute approximate surface area is 135 Å². The van der Waals surface area contributed by atoms with Gasteiger partial charge in [0.1, 0.15) is 0 Å². The maximum Gasteiger partial charge on any atom is 0.0731 e. The fourth-order valence-corrected chi connectivity index (χ4v) is 3.71. The summed E-state index contributed by atoms with van der Waals surface area (Å²) >= 11 is 6.93. The second kappa shape index (κ2) is 5.58. The van der Waals surface area contributed by atoms with Gasteiger partial charge in [0.25, 0.3) is 0 Å². The lowest BCUT2D eigenvalue weighted by Crippen LogP contribution is -2.38. The number of rotatable bonds is 2. The molecule has 0 fully saturated rings. The topological polar surface area (TPSA) is 33.1 Å². The molecule has 0 aliphatic heterocycles. The second-order valence-corrected chi connectivity index (χ2v) is 7.33. The molecule has 3 rings (SSSR count). The molecule has 1 aliphatic rings. The van der Waals surface area contributed by atoms with E-state index in [1.807, 2.05) is 18.3 Å². The highest BCUT2D eigenvalue weighted by Gasteiger charge is 2.32. The average Bonchev–Trinajstić information content (AvgIpc) is 2.39. The standard InChI is InChI=1S/C16H15Br2NO/c17-14-2-1-13-8-16(20,4-3-12(13)6-14)7-11-5-15(18)10-19-9-11/h1-2,5-6,9-10,20H,3-4,7-8H2. The molecule has 0 saturated carbocycles. The van der Waals surface area contributed by atoms with E-state index >= 15 is 0 Å². The molecule has 1 unspecified atom stereocenters. The summed E-state index contributed by atoms with van der Waals surface area (Å²) in [5, 5.41) is 10.9. The number of aromatic nitrogens is 1. The van der Waals surface area contributed by atoms with Crippen LogP contribution in [0.15, 0.2) is 45.6 Å². The Morgan fingerprint density at radius 2 is 1.95 bits per heavy atom. The van der Waals surface area contributed by atoms with Crippen LogP contribution in [-0.2, 0) is 19.3 Å². The van der Waals surface area contributed by atoms with Crippen molar-refractivity contribution in [2.45, 2.75) is 31.3 Å². The summed E-state index contributed by atoms with van der Waals surface area (Å²) in [6, 6.07) is 8.35. The van der Waals surface area contributed by atoms with Crippen molar-refractivity contribution in [3.05, 3.63) is 62.3 Å². The summed E-state index contributed by atoms with van der Waals surface area (Å²) in [6.07, 6.45) is 6.67. The molecule has 104 valence electrons. The summed E-state index contributed by atoms with van der Waals surface area (Å²) in [5.41, 5.74) is 3.01. The molecule has 0 saturated heterocycles. The number of hydrogen-bond acceptors (Lipinski definition) is 2. The summed E-state index contributed by atoms with van der Waals surface area (Å²) in [6.45, 7) is 0. The fraction of sp³-hybridized carbons (Fsp3) is 0.312. The van der Waals surface area contributed by atoms with E-state index < -0.39 is 5.60 Å². The number of pyridine rings is 1. The zero-order valence-electron chi connectivity index (χ0n) is 10.9. The van der Waals surface area contributed by atoms with E-state index in [0.717, 1.165) is 27.4 Å². The molecule has 0 amide bonds. The van der Waals surface area contributed by atoms with E-state index in [2.05, 4.69) is 49.0 Å². The van der Waals surface area contributed by atoms with Gasteiger partial charge >= 0.3 is 0 Å². The van der Waals surface area contributed by atoms with Gasteiger partial charge in [-0.2, -0.15) is 0 Å². The largest absolute Gasteiger partial charge is 0.389 e. The minimum atomic E-state index is -0.663. The molecule has 1 atom stereocenters. The van der Waals surface area contributed by atoms with Gasteiger partial charge < -0.3 is 5.11 Å². The summed E-state index contributed by atoms with van der Waals surface area (Å²) in [7, 11) is 0. The van der Waals surface area contributed by atoms with E-state index in [9.17, 15) is 5.11 Å². The van der Waals surface area contributed by atoms with Crippen molar-refractivity contribution in [2.75, 3.05) is 0 Å². The summed E-state index contributed by atoms with van der Waals surface area (Å²) in [4.78, 5) is 4.17. The first kappa shape index (κ1) is 14.2. The third-order valence-corrected chi connectivity index (χ3v) is 4.77. The van der Waals surface area contributed by atoms with Crippen molar-refractivity contribution < 1.29 is 5.11 Å². The molecule has 20 heavy (non-hydrogen) atoms. The van der Waals surface area contributed by atoms with Crippen LogP contribution in [0.5, 0.6) is 0 Å². The zero-order chi connectivity index (χ0) is 14.2. The van der Waals surface area contributed by atoms with E-state index in [1.165, 1.54) is 11.1 Å². The molecule has 0 radical (unpaired) electrons. The number of nitrogens with zero attached hydrogens (tertiary/aromatic N) is 1. The molecule has 1 aromatic heterocycles. The first-order chi connectivity index (χ1) is 9.54. The highest BCUT2D eigenvalue weighted by molar-refractivity contribution is 9.10. The van der Waals surface area contributed by atoms with Crippen LogP contribution in [0.2, 0.25) is 0 Å². The van der Waals surface area contributed by atoms with E-state index in [1.54, 1.807) is 6.20 Å². The highest BCUT2D eigenvalue weighted by atomic mass is 79.9. The average molecular weight is 397 g/mol. The number of halogens is 2. The van der Waals surface area contributed by atoms with Crippen LogP contribution in [0, 0.1) is 0 Å². The Balaban J connectivity index is 1.82. The van der Waals surface area contributed by atoms with Crippen LogP contribution in [0.25, 0.3) is 0 Å². The van der Waals surface area contributed by atoms with Gasteiger partial charge in [-0.1, -0.05) is 22.0 Å². The van der Waals surface area contributed by atoms with Gasteiger partial charge in [0.15, 0.2) is 0 Å². The number of aryl methyl sites for hydroxylation is 1. The van der Waals surface area contributed by atoms with Gasteiger partial charge in [-0.15, -0.1) is 0 Å². The van der Waals surface area contributed by atoms with Crippen molar-refractivity contribution in [3.63, 3.8) is 0 Å². The molecular weight excluding hydrogens is 382 g/mol. The molecule has 1 heterocycles. The lowest BCUT2D eigenvalue weighted by molar-refractivity contribution is 0.0266. The SMILES string of the molecule is OC1(Cc2cncc(Br)c2)CCc2cc(Br)ccc2C1. The normalized spacial score (nSPS) is 21.6. The van der Waals surface area contributed by atoms with Crippen molar-refractivity contribution in [1.82, 2.24) is 4.98 Å². The van der Waals surface area contributed by atoms with Crippen molar-refractivity contribution in [3.8, 4) is 0 Å². The molecule has 1 aliphatic carbocycles. The van der Waals surface area contributed by atoms with Gasteiger partial charge in [0.2, 0.25) is 0 Å². The monoisotopic (exact) mass is 395 g/mol. The van der Waals surface area contributed by atoms with Crippen LogP contribution in [0.4, 0.5) is 0 Å². The number of benzene rings is 1. The quantitative estimate of drug-likeness (QED) is 0.829. The first-order valence-corrected chi connectivity index (χ1v) is 8.22. The van der Waals surface area contributed by atoms with Crippen LogP contribution >= 0.6 is 31.9 Å². The number of fused-ring (bicyclic) bond motifs is 1. The molecule has 2 nitrogen and oxygen atoms in total. The second-order valence-electron chi connectivity index (χ2n) is 5.50. The van der Waals surface area contributed by atoms with Crippen LogP contribution in [0.3, 0.4) is 0 Å². The first-order valence-electron chi connectivity index (χ1n) is 6.63. The number of aliphatic hydroxyl groups is 1. The van der Waals surface area contributed by atoms with E-state index in [0.29, 0.717) is 12.8 Å². The zero-order valence-corrected chi connectivity index (χ0v) is 14.1. The molecular formula is C16H15Br2NO. The van der Waals surface area contributed by atoms with Crippen LogP contribution < -0.4 is 0 Å². The third kappa shape index (κ3) is 3.13. The smallest absolute Gasteiger partial charge is 0.0731 e. The summed E-state index contributed by atoms with van der Waals surface area (Å²) in [5.74, 6) is 0. The lowest BCUT2D eigenvalue weighted by Gasteiger charge is -2.33. The lowest BCUT2D eigenvalue weighted by atomic mass is 9.77. The predicted molar refractivity (Wildman–Crippen MR) is 86.8 cm³/mol. The Morgan fingerprint density at radius 3 is 2.75 bits per heavy atom. The van der Waals surface area contributed by atoms with E-state index in [4.69, 9.17) is 0 Å². The molecule has 4 heteroatoms. The number of hydrogen-bond donors (Lipinski definition) is 1. The highest BCUT2D eigenvalue weighted by Crippen LogP contribution is 2.33. The minimum absolute atomic E-state index is 0.648. The minimum Gasteiger partial charge on any atom is -0.389 e. The molecule has 2 aromatic rings. The molecule has 1 N–H and O–H groups in total. The maximum absolute atomic E-state index is 10.9. The van der Waals surface area contributed by atoms with Crippen molar-refractivity contribution >= 4 is 31.9 Å². The van der Waals surface area contributed by atoms with E-state index in [-0.39, 0.29) is 0 Å². The Bertz CT molecular complexity index is 644. The van der Waals surface area contributed by atoms with Crippen LogP contribution in [-0.4, -0.2) is 15.7 Å². The van der Waals surface area contributed by atoms with Gasteiger partial charge in [-0.25, -0.2) is 0 Å². The Hall–Kier alpha value is -0.710. The van der Waals surface area contributed by atoms with Gasteiger partial charge in [-0.05, 0) is 63.7 Å². The van der Waals surface area contributed by atoms with Crippen LogP contribution in [0.1, 0.15) is 23.1 Å². The molecule has 0 bridgehead atoms. The molecule has 0 spiro atoms. The fourth-order valence-electron chi connectivity index (χ4n) is 2.89. The maximum atomic E-state index is 10.9. The summed E-state index contributed by atoms with van der Waals surface area (Å²) < 4.78 is 2.07.